The maximum Gasteiger partial charge on any atom is 0.331 e. The van der Waals surface area contributed by atoms with Crippen LogP contribution in [0.1, 0.15) is 19.4 Å². The highest BCUT2D eigenvalue weighted by molar-refractivity contribution is 8.00. The first-order valence-corrected chi connectivity index (χ1v) is 9.49. The fourth-order valence-electron chi connectivity index (χ4n) is 2.28. The minimum absolute atomic E-state index is 0.0434. The van der Waals surface area contributed by atoms with Crippen molar-refractivity contribution < 1.29 is 19.5 Å². The van der Waals surface area contributed by atoms with Gasteiger partial charge in [0.1, 0.15) is 0 Å². The lowest BCUT2D eigenvalue weighted by atomic mass is 10.2. The third-order valence-electron chi connectivity index (χ3n) is 3.77. The zero-order valence-corrected chi connectivity index (χ0v) is 16.7. The fraction of sp³-hybridized carbons (Fsp3) is 0.190. The number of carboxylic acids is 1. The number of carboxylic acid groups (broad SMARTS) is 1. The molecule has 0 aliphatic rings. The summed E-state index contributed by atoms with van der Waals surface area (Å²) >= 11 is 1.40. The Balaban J connectivity index is 1.92. The second-order valence-electron chi connectivity index (χ2n) is 6.26. The van der Waals surface area contributed by atoms with Gasteiger partial charge in [0.2, 0.25) is 11.8 Å². The Morgan fingerprint density at radius 2 is 1.71 bits per heavy atom. The molecule has 2 aromatic rings. The number of aliphatic carboxylic acids is 1. The molecule has 0 aromatic heterocycles. The summed E-state index contributed by atoms with van der Waals surface area (Å²) in [6.07, 6.45) is 1.03. The molecule has 1 atom stereocenters. The van der Waals surface area contributed by atoms with E-state index in [1.54, 1.807) is 24.3 Å². The lowest BCUT2D eigenvalue weighted by molar-refractivity contribution is -0.132. The molecule has 7 heteroatoms. The van der Waals surface area contributed by atoms with Gasteiger partial charge in [-0.25, -0.2) is 4.79 Å². The third kappa shape index (κ3) is 6.59. The van der Waals surface area contributed by atoms with Crippen LogP contribution in [0.5, 0.6) is 0 Å². The number of carbonyl (C=O) groups excluding carboxylic acids is 2. The Morgan fingerprint density at radius 3 is 2.32 bits per heavy atom. The van der Waals surface area contributed by atoms with Gasteiger partial charge in [0.15, 0.2) is 0 Å². The molecule has 2 amide bonds. The van der Waals surface area contributed by atoms with E-state index in [-0.39, 0.29) is 16.7 Å². The van der Waals surface area contributed by atoms with Crippen molar-refractivity contribution >= 4 is 40.9 Å². The normalized spacial score (nSPS) is 12.2. The van der Waals surface area contributed by atoms with Crippen molar-refractivity contribution in [2.24, 2.45) is 0 Å². The summed E-state index contributed by atoms with van der Waals surface area (Å²) in [4.78, 5) is 35.7. The van der Waals surface area contributed by atoms with Crippen LogP contribution in [0, 0.1) is 6.92 Å². The van der Waals surface area contributed by atoms with Crippen molar-refractivity contribution in [2.45, 2.75) is 30.9 Å². The molecule has 0 saturated heterocycles. The summed E-state index contributed by atoms with van der Waals surface area (Å²) in [6.45, 7) is 5.14. The van der Waals surface area contributed by atoms with E-state index in [0.717, 1.165) is 22.2 Å². The fourth-order valence-corrected chi connectivity index (χ4v) is 3.15. The van der Waals surface area contributed by atoms with Crippen LogP contribution in [0.3, 0.4) is 0 Å². The SMILES string of the molecule is CC(=CC(=O)Nc1ccc(SC(C)C(=O)Nc2cccc(C)c2)cc1)C(=O)O. The van der Waals surface area contributed by atoms with Crippen LogP contribution >= 0.6 is 11.8 Å². The average Bonchev–Trinajstić information content (AvgIpc) is 2.63. The Labute approximate surface area is 168 Å². The Morgan fingerprint density at radius 1 is 1.04 bits per heavy atom. The summed E-state index contributed by atoms with van der Waals surface area (Å²) in [6, 6.07) is 14.6. The molecule has 0 fully saturated rings. The standard InChI is InChI=1S/C21H22N2O4S/c1-13-5-4-6-17(11-13)23-20(25)15(3)28-18-9-7-16(8-10-18)22-19(24)12-14(2)21(26)27/h4-12,15H,1-3H3,(H,22,24)(H,23,25)(H,26,27). The number of hydrogen-bond acceptors (Lipinski definition) is 4. The lowest BCUT2D eigenvalue weighted by Gasteiger charge is -2.13. The van der Waals surface area contributed by atoms with Gasteiger partial charge in [0.05, 0.1) is 5.25 Å². The number of thioether (sulfide) groups is 1. The molecule has 0 spiro atoms. The quantitative estimate of drug-likeness (QED) is 0.482. The van der Waals surface area contributed by atoms with Gasteiger partial charge in [-0.15, -0.1) is 11.8 Å². The van der Waals surface area contributed by atoms with Gasteiger partial charge in [-0.05, 0) is 62.7 Å². The Kier molecular flexibility index (Phi) is 7.40. The highest BCUT2D eigenvalue weighted by Gasteiger charge is 2.15. The zero-order valence-electron chi connectivity index (χ0n) is 15.9. The van der Waals surface area contributed by atoms with Crippen LogP contribution in [0.2, 0.25) is 0 Å². The molecule has 1 unspecified atom stereocenters. The van der Waals surface area contributed by atoms with Crippen LogP contribution in [-0.2, 0) is 14.4 Å². The first-order valence-electron chi connectivity index (χ1n) is 8.61. The lowest BCUT2D eigenvalue weighted by Crippen LogP contribution is -2.22. The summed E-state index contributed by atoms with van der Waals surface area (Å²) < 4.78 is 0. The summed E-state index contributed by atoms with van der Waals surface area (Å²) in [7, 11) is 0. The zero-order chi connectivity index (χ0) is 20.7. The molecule has 6 nitrogen and oxygen atoms in total. The summed E-state index contributed by atoms with van der Waals surface area (Å²) in [5.41, 5.74) is 2.34. The molecule has 0 bridgehead atoms. The van der Waals surface area contributed by atoms with Crippen molar-refractivity contribution in [3.05, 3.63) is 65.7 Å². The average molecular weight is 398 g/mol. The Hall–Kier alpha value is -3.06. The molecule has 0 saturated carbocycles. The monoisotopic (exact) mass is 398 g/mol. The third-order valence-corrected chi connectivity index (χ3v) is 4.89. The molecule has 3 N–H and O–H groups in total. The largest absolute Gasteiger partial charge is 0.478 e. The van der Waals surface area contributed by atoms with Crippen molar-refractivity contribution in [1.82, 2.24) is 0 Å². The van der Waals surface area contributed by atoms with E-state index in [1.807, 2.05) is 38.1 Å². The van der Waals surface area contributed by atoms with Crippen LogP contribution in [-0.4, -0.2) is 28.1 Å². The predicted molar refractivity (Wildman–Crippen MR) is 112 cm³/mol. The van der Waals surface area contributed by atoms with Crippen molar-refractivity contribution in [3.63, 3.8) is 0 Å². The van der Waals surface area contributed by atoms with Crippen molar-refractivity contribution in [3.8, 4) is 0 Å². The van der Waals surface area contributed by atoms with Gasteiger partial charge in [-0.2, -0.15) is 0 Å². The highest BCUT2D eigenvalue weighted by atomic mass is 32.2. The number of hydrogen-bond donors (Lipinski definition) is 3. The van der Waals surface area contributed by atoms with Gasteiger partial charge in [-0.3, -0.25) is 9.59 Å². The molecule has 0 radical (unpaired) electrons. The van der Waals surface area contributed by atoms with Crippen molar-refractivity contribution in [1.29, 1.82) is 0 Å². The van der Waals surface area contributed by atoms with Crippen molar-refractivity contribution in [2.75, 3.05) is 10.6 Å². The maximum atomic E-state index is 12.4. The van der Waals surface area contributed by atoms with E-state index in [0.29, 0.717) is 5.69 Å². The van der Waals surface area contributed by atoms with Gasteiger partial charge in [-0.1, -0.05) is 12.1 Å². The number of rotatable bonds is 7. The molecule has 0 heterocycles. The van der Waals surface area contributed by atoms with Crippen LogP contribution < -0.4 is 10.6 Å². The Bertz CT molecular complexity index is 907. The molecule has 0 aliphatic heterocycles. The summed E-state index contributed by atoms with van der Waals surface area (Å²) in [5.74, 6) is -1.74. The number of anilines is 2. The summed E-state index contributed by atoms with van der Waals surface area (Å²) in [5, 5.41) is 14.0. The number of benzene rings is 2. The molecular formula is C21H22N2O4S. The minimum atomic E-state index is -1.14. The maximum absolute atomic E-state index is 12.4. The molecule has 0 aliphatic carbocycles. The molecule has 2 rings (SSSR count). The number of amides is 2. The molecule has 28 heavy (non-hydrogen) atoms. The van der Waals surface area contributed by atoms with E-state index in [9.17, 15) is 14.4 Å². The second kappa shape index (κ2) is 9.75. The highest BCUT2D eigenvalue weighted by Crippen LogP contribution is 2.25. The number of carbonyl (C=O) groups is 3. The van der Waals surface area contributed by atoms with E-state index >= 15 is 0 Å². The van der Waals surface area contributed by atoms with Crippen LogP contribution in [0.15, 0.2) is 65.1 Å². The topological polar surface area (TPSA) is 95.5 Å². The van der Waals surface area contributed by atoms with E-state index in [4.69, 9.17) is 5.11 Å². The number of nitrogens with one attached hydrogen (secondary N) is 2. The molecular weight excluding hydrogens is 376 g/mol. The van der Waals surface area contributed by atoms with Crippen LogP contribution in [0.4, 0.5) is 11.4 Å². The van der Waals surface area contributed by atoms with Gasteiger partial charge < -0.3 is 15.7 Å². The van der Waals surface area contributed by atoms with Gasteiger partial charge in [0, 0.05) is 27.9 Å². The minimum Gasteiger partial charge on any atom is -0.478 e. The second-order valence-corrected chi connectivity index (χ2v) is 7.68. The van der Waals surface area contributed by atoms with E-state index in [2.05, 4.69) is 10.6 Å². The predicted octanol–water partition coefficient (Wildman–Crippen LogP) is 4.08. The first-order chi connectivity index (χ1) is 13.2. The molecule has 146 valence electrons. The van der Waals surface area contributed by atoms with E-state index < -0.39 is 11.9 Å². The van der Waals surface area contributed by atoms with Gasteiger partial charge in [0.25, 0.3) is 0 Å². The number of aryl methyl sites for hydroxylation is 1. The van der Waals surface area contributed by atoms with Gasteiger partial charge >= 0.3 is 5.97 Å². The van der Waals surface area contributed by atoms with E-state index in [1.165, 1.54) is 18.7 Å². The molecule has 2 aromatic carbocycles. The first kappa shape index (κ1) is 21.2. The smallest absolute Gasteiger partial charge is 0.331 e. The van der Waals surface area contributed by atoms with Crippen LogP contribution in [0.25, 0.3) is 0 Å².